The molecule has 9 heteroatoms. The van der Waals surface area contributed by atoms with E-state index in [9.17, 15) is 18.4 Å². The summed E-state index contributed by atoms with van der Waals surface area (Å²) < 4.78 is 26.2. The Labute approximate surface area is 169 Å². The van der Waals surface area contributed by atoms with Crippen LogP contribution >= 0.6 is 35.0 Å². The number of hydrogen-bond donors (Lipinski definition) is 1. The minimum Gasteiger partial charge on any atom is -0.333 e. The minimum atomic E-state index is -0.976. The van der Waals surface area contributed by atoms with Crippen molar-refractivity contribution in [1.29, 1.82) is 0 Å². The summed E-state index contributed by atoms with van der Waals surface area (Å²) in [6.07, 6.45) is 0. The van der Waals surface area contributed by atoms with E-state index in [0.29, 0.717) is 21.5 Å². The Bertz CT molecular complexity index is 832. The second-order valence-electron chi connectivity index (χ2n) is 5.42. The number of para-hydroxylation sites is 1. The van der Waals surface area contributed by atoms with Crippen LogP contribution in [0.5, 0.6) is 0 Å². The van der Waals surface area contributed by atoms with Crippen LogP contribution in [-0.4, -0.2) is 35.6 Å². The monoisotopic (exact) mass is 432 g/mol. The normalized spacial score (nSPS) is 10.6. The Kier molecular flexibility index (Phi) is 7.89. The van der Waals surface area contributed by atoms with Crippen molar-refractivity contribution in [2.24, 2.45) is 0 Å². The largest absolute Gasteiger partial charge is 0.333 e. The molecule has 0 atom stereocenters. The molecule has 2 rings (SSSR count). The summed E-state index contributed by atoms with van der Waals surface area (Å²) in [5.41, 5.74) is 0.283. The number of rotatable bonds is 7. The van der Waals surface area contributed by atoms with E-state index in [1.165, 1.54) is 11.0 Å². The van der Waals surface area contributed by atoms with Crippen LogP contribution in [0.1, 0.15) is 6.92 Å². The number of nitrogens with one attached hydrogen (secondary N) is 1. The molecule has 27 heavy (non-hydrogen) atoms. The molecule has 0 saturated carbocycles. The molecule has 0 aliphatic heterocycles. The molecule has 2 aromatic carbocycles. The number of carbonyl (C=O) groups excluding carboxylic acids is 2. The third-order valence-electron chi connectivity index (χ3n) is 3.55. The zero-order chi connectivity index (χ0) is 20.0. The molecule has 0 spiro atoms. The predicted octanol–water partition coefficient (Wildman–Crippen LogP) is 4.85. The maximum Gasteiger partial charge on any atom is 0.244 e. The van der Waals surface area contributed by atoms with Crippen LogP contribution in [0.4, 0.5) is 14.5 Å². The maximum atomic E-state index is 13.2. The highest BCUT2D eigenvalue weighted by Crippen LogP contribution is 2.29. The number of nitrogens with zero attached hydrogens (tertiary/aromatic N) is 1. The molecule has 0 aliphatic rings. The van der Waals surface area contributed by atoms with Crippen molar-refractivity contribution in [3.8, 4) is 0 Å². The fourth-order valence-corrected chi connectivity index (χ4v) is 3.46. The lowest BCUT2D eigenvalue weighted by Gasteiger charge is -2.20. The molecule has 0 heterocycles. The van der Waals surface area contributed by atoms with E-state index in [2.05, 4.69) is 5.32 Å². The lowest BCUT2D eigenvalue weighted by Crippen LogP contribution is -2.38. The summed E-state index contributed by atoms with van der Waals surface area (Å²) >= 11 is 13.1. The molecule has 1 N–H and O–H groups in total. The highest BCUT2D eigenvalue weighted by atomic mass is 35.5. The van der Waals surface area contributed by atoms with Gasteiger partial charge in [-0.25, -0.2) is 8.78 Å². The summed E-state index contributed by atoms with van der Waals surface area (Å²) in [5, 5.41) is 3.17. The Morgan fingerprint density at radius 3 is 2.37 bits per heavy atom. The van der Waals surface area contributed by atoms with E-state index in [4.69, 9.17) is 23.2 Å². The van der Waals surface area contributed by atoms with Crippen molar-refractivity contribution < 1.29 is 18.4 Å². The van der Waals surface area contributed by atoms with Crippen LogP contribution in [0.3, 0.4) is 0 Å². The number of halogens is 4. The third-order valence-corrected chi connectivity index (χ3v) is 5.16. The van der Waals surface area contributed by atoms with Crippen molar-refractivity contribution in [3.05, 3.63) is 58.1 Å². The molecule has 4 nitrogen and oxygen atoms in total. The standard InChI is InChI=1S/C18H16Cl2F2N2O2S/c1-2-24(9-16(25)23-18-12(19)4-3-5-13(18)20)17(26)10-27-11-6-7-14(21)15(22)8-11/h3-8H,2,9-10H2,1H3,(H,23,25). The molecule has 0 aliphatic carbocycles. The summed E-state index contributed by atoms with van der Waals surface area (Å²) in [7, 11) is 0. The van der Waals surface area contributed by atoms with Crippen LogP contribution in [0, 0.1) is 11.6 Å². The lowest BCUT2D eigenvalue weighted by atomic mass is 10.3. The van der Waals surface area contributed by atoms with Gasteiger partial charge in [0.05, 0.1) is 28.0 Å². The van der Waals surface area contributed by atoms with Gasteiger partial charge in [-0.2, -0.15) is 0 Å². The van der Waals surface area contributed by atoms with Gasteiger partial charge in [0.25, 0.3) is 0 Å². The highest BCUT2D eigenvalue weighted by molar-refractivity contribution is 8.00. The van der Waals surface area contributed by atoms with Gasteiger partial charge in [-0.1, -0.05) is 29.3 Å². The van der Waals surface area contributed by atoms with Gasteiger partial charge in [-0.3, -0.25) is 9.59 Å². The van der Waals surface area contributed by atoms with Crippen LogP contribution in [-0.2, 0) is 9.59 Å². The quantitative estimate of drug-likeness (QED) is 0.636. The van der Waals surface area contributed by atoms with Crippen molar-refractivity contribution >= 4 is 52.5 Å². The van der Waals surface area contributed by atoms with E-state index in [0.717, 1.165) is 23.9 Å². The number of anilines is 1. The molecule has 2 amide bonds. The summed E-state index contributed by atoms with van der Waals surface area (Å²) in [5.74, 6) is -2.70. The van der Waals surface area contributed by atoms with E-state index >= 15 is 0 Å². The number of amides is 2. The number of likely N-dealkylation sites (N-methyl/N-ethyl adjacent to an activating group) is 1. The Morgan fingerprint density at radius 2 is 1.78 bits per heavy atom. The fourth-order valence-electron chi connectivity index (χ4n) is 2.15. The van der Waals surface area contributed by atoms with Crippen LogP contribution < -0.4 is 5.32 Å². The first-order valence-corrected chi connectivity index (χ1v) is 9.65. The first kappa shape index (κ1) is 21.5. The number of benzene rings is 2. The van der Waals surface area contributed by atoms with Crippen LogP contribution in [0.25, 0.3) is 0 Å². The highest BCUT2D eigenvalue weighted by Gasteiger charge is 2.18. The fraction of sp³-hybridized carbons (Fsp3) is 0.222. The van der Waals surface area contributed by atoms with Gasteiger partial charge in [0.1, 0.15) is 0 Å². The second-order valence-corrected chi connectivity index (χ2v) is 7.28. The van der Waals surface area contributed by atoms with Gasteiger partial charge in [-0.05, 0) is 37.3 Å². The van der Waals surface area contributed by atoms with Gasteiger partial charge < -0.3 is 10.2 Å². The van der Waals surface area contributed by atoms with Crippen molar-refractivity contribution in [2.75, 3.05) is 24.2 Å². The number of hydrogen-bond acceptors (Lipinski definition) is 3. The summed E-state index contributed by atoms with van der Waals surface area (Å²) in [4.78, 5) is 26.3. The lowest BCUT2D eigenvalue weighted by molar-refractivity contribution is -0.132. The molecule has 0 aromatic heterocycles. The average molecular weight is 433 g/mol. The summed E-state index contributed by atoms with van der Waals surface area (Å²) in [6, 6.07) is 8.24. The predicted molar refractivity (Wildman–Crippen MR) is 104 cm³/mol. The Morgan fingerprint density at radius 1 is 1.11 bits per heavy atom. The zero-order valence-corrected chi connectivity index (χ0v) is 16.6. The molecular weight excluding hydrogens is 417 g/mol. The van der Waals surface area contributed by atoms with E-state index < -0.39 is 17.5 Å². The van der Waals surface area contributed by atoms with Crippen LogP contribution in [0.15, 0.2) is 41.3 Å². The zero-order valence-electron chi connectivity index (χ0n) is 14.3. The Balaban J connectivity index is 1.94. The first-order valence-electron chi connectivity index (χ1n) is 7.91. The molecule has 0 unspecified atom stereocenters. The molecule has 0 fully saturated rings. The van der Waals surface area contributed by atoms with Gasteiger partial charge in [-0.15, -0.1) is 11.8 Å². The van der Waals surface area contributed by atoms with Gasteiger partial charge in [0.15, 0.2) is 11.6 Å². The number of carbonyl (C=O) groups is 2. The van der Waals surface area contributed by atoms with Crippen molar-refractivity contribution in [3.63, 3.8) is 0 Å². The van der Waals surface area contributed by atoms with Gasteiger partial charge >= 0.3 is 0 Å². The smallest absolute Gasteiger partial charge is 0.244 e. The topological polar surface area (TPSA) is 49.4 Å². The van der Waals surface area contributed by atoms with E-state index in [1.54, 1.807) is 25.1 Å². The molecule has 144 valence electrons. The van der Waals surface area contributed by atoms with Crippen LogP contribution in [0.2, 0.25) is 10.0 Å². The van der Waals surface area contributed by atoms with Crippen molar-refractivity contribution in [1.82, 2.24) is 4.90 Å². The molecular formula is C18H16Cl2F2N2O2S. The minimum absolute atomic E-state index is 0.0148. The SMILES string of the molecule is CCN(CC(=O)Nc1c(Cl)cccc1Cl)C(=O)CSc1ccc(F)c(F)c1. The second kappa shape index (κ2) is 9.92. The van der Waals surface area contributed by atoms with Gasteiger partial charge in [0, 0.05) is 11.4 Å². The Hall–Kier alpha value is -1.83. The molecule has 0 saturated heterocycles. The van der Waals surface area contributed by atoms with E-state index in [-0.39, 0.29) is 23.9 Å². The first-order chi connectivity index (χ1) is 12.8. The third kappa shape index (κ3) is 6.09. The van der Waals surface area contributed by atoms with Gasteiger partial charge in [0.2, 0.25) is 11.8 Å². The maximum absolute atomic E-state index is 13.2. The van der Waals surface area contributed by atoms with E-state index in [1.807, 2.05) is 0 Å². The number of thioether (sulfide) groups is 1. The molecule has 0 radical (unpaired) electrons. The average Bonchev–Trinajstić information content (AvgIpc) is 2.63. The molecule has 2 aromatic rings. The van der Waals surface area contributed by atoms with Crippen molar-refractivity contribution in [2.45, 2.75) is 11.8 Å². The molecule has 0 bridgehead atoms. The summed E-state index contributed by atoms with van der Waals surface area (Å²) in [6.45, 7) is 1.85.